The number of rotatable bonds is 14. The van der Waals surface area contributed by atoms with Gasteiger partial charge in [-0.25, -0.2) is 14.4 Å². The lowest BCUT2D eigenvalue weighted by Crippen LogP contribution is -2.54. The van der Waals surface area contributed by atoms with Gasteiger partial charge in [-0.05, 0) is 65.2 Å². The quantitative estimate of drug-likeness (QED) is 0.158. The van der Waals surface area contributed by atoms with E-state index < -0.39 is 77.2 Å². The molecule has 56 heavy (non-hydrogen) atoms. The van der Waals surface area contributed by atoms with Gasteiger partial charge in [-0.2, -0.15) is 5.06 Å². The third kappa shape index (κ3) is 13.5. The summed E-state index contributed by atoms with van der Waals surface area (Å²) < 4.78 is 16.5. The van der Waals surface area contributed by atoms with Gasteiger partial charge in [0.1, 0.15) is 42.0 Å². The van der Waals surface area contributed by atoms with Crippen molar-refractivity contribution in [2.75, 3.05) is 0 Å². The molecule has 0 unspecified atom stereocenters. The van der Waals surface area contributed by atoms with E-state index in [-0.39, 0.29) is 25.9 Å². The summed E-state index contributed by atoms with van der Waals surface area (Å²) in [7, 11) is 0. The summed E-state index contributed by atoms with van der Waals surface area (Å²) in [5.41, 5.74) is 0.408. The Morgan fingerprint density at radius 1 is 0.661 bits per heavy atom. The van der Waals surface area contributed by atoms with Gasteiger partial charge in [-0.1, -0.05) is 91.0 Å². The number of nitrogens with one attached hydrogen (secondary N) is 3. The first-order valence-corrected chi connectivity index (χ1v) is 18.5. The second-order valence-electron chi connectivity index (χ2n) is 15.5. The Kier molecular flexibility index (Phi) is 14.7. The van der Waals surface area contributed by atoms with Crippen LogP contribution in [0.1, 0.15) is 71.6 Å². The van der Waals surface area contributed by atoms with E-state index >= 15 is 0 Å². The van der Waals surface area contributed by atoms with Crippen molar-refractivity contribution in [1.82, 2.24) is 21.0 Å². The van der Waals surface area contributed by atoms with Crippen LogP contribution >= 0.6 is 0 Å². The van der Waals surface area contributed by atoms with Gasteiger partial charge in [0, 0.05) is 19.3 Å². The van der Waals surface area contributed by atoms with Crippen molar-refractivity contribution < 1.29 is 47.8 Å². The molecule has 0 radical (unpaired) electrons. The number of esters is 2. The first kappa shape index (κ1) is 43.0. The molecule has 0 aromatic heterocycles. The summed E-state index contributed by atoms with van der Waals surface area (Å²) in [4.78, 5) is 86.9. The highest BCUT2D eigenvalue weighted by Gasteiger charge is 2.47. The van der Waals surface area contributed by atoms with Crippen LogP contribution in [0, 0.1) is 0 Å². The van der Waals surface area contributed by atoms with E-state index in [9.17, 15) is 28.8 Å². The van der Waals surface area contributed by atoms with Crippen molar-refractivity contribution in [3.63, 3.8) is 0 Å². The number of amides is 4. The van der Waals surface area contributed by atoms with Gasteiger partial charge >= 0.3 is 18.0 Å². The molecule has 1 fully saturated rings. The molecule has 0 bridgehead atoms. The molecule has 0 aliphatic carbocycles. The lowest BCUT2D eigenvalue weighted by molar-refractivity contribution is -0.170. The predicted octanol–water partition coefficient (Wildman–Crippen LogP) is 4.34. The molecule has 3 N–H and O–H groups in total. The minimum atomic E-state index is -1.44. The monoisotopic (exact) mass is 772 g/mol. The SMILES string of the molecule is C[C@H](NC(=O)[C@H](Cc1ccccc1)NC(=O)[C@@H]1C[C@H](C(=O)N[C@@H](Cc2ccccc2)C(=O)OCc2ccccc2)N(C(=O)OC(C)(C)C)O1)C(=O)OC(C)(C)C. The zero-order valence-corrected chi connectivity index (χ0v) is 32.9. The van der Waals surface area contributed by atoms with Crippen molar-refractivity contribution in [1.29, 1.82) is 0 Å². The van der Waals surface area contributed by atoms with Crippen LogP contribution < -0.4 is 16.0 Å². The van der Waals surface area contributed by atoms with Crippen molar-refractivity contribution in [2.24, 2.45) is 0 Å². The largest absolute Gasteiger partial charge is 0.459 e. The number of hydroxylamine groups is 2. The molecule has 300 valence electrons. The van der Waals surface area contributed by atoms with Crippen LogP contribution in [0.3, 0.4) is 0 Å². The van der Waals surface area contributed by atoms with E-state index in [1.54, 1.807) is 108 Å². The predicted molar refractivity (Wildman–Crippen MR) is 205 cm³/mol. The molecule has 3 aromatic carbocycles. The van der Waals surface area contributed by atoms with Crippen LogP contribution in [-0.2, 0) is 62.5 Å². The number of hydrogen-bond acceptors (Lipinski definition) is 10. The van der Waals surface area contributed by atoms with E-state index in [2.05, 4.69) is 16.0 Å². The molecular formula is C42H52N4O10. The van der Waals surface area contributed by atoms with Gasteiger partial charge in [0.2, 0.25) is 11.8 Å². The average molecular weight is 773 g/mol. The van der Waals surface area contributed by atoms with Gasteiger partial charge in [-0.15, -0.1) is 0 Å². The molecule has 3 aromatic rings. The van der Waals surface area contributed by atoms with E-state index in [1.807, 2.05) is 24.3 Å². The summed E-state index contributed by atoms with van der Waals surface area (Å²) in [6.45, 7) is 11.4. The van der Waals surface area contributed by atoms with Gasteiger partial charge in [0.15, 0.2) is 6.10 Å². The number of ether oxygens (including phenoxy) is 3. The lowest BCUT2D eigenvalue weighted by atomic mass is 10.0. The molecule has 1 saturated heterocycles. The number of nitrogens with zero attached hydrogens (tertiary/aromatic N) is 1. The van der Waals surface area contributed by atoms with E-state index in [0.29, 0.717) is 10.6 Å². The van der Waals surface area contributed by atoms with Crippen molar-refractivity contribution >= 4 is 35.8 Å². The van der Waals surface area contributed by atoms with Crippen LogP contribution in [0.25, 0.3) is 0 Å². The first-order chi connectivity index (χ1) is 26.4. The fourth-order valence-electron chi connectivity index (χ4n) is 5.62. The van der Waals surface area contributed by atoms with Gasteiger partial charge < -0.3 is 30.2 Å². The normalized spacial score (nSPS) is 17.1. The second-order valence-corrected chi connectivity index (χ2v) is 15.5. The van der Waals surface area contributed by atoms with Crippen molar-refractivity contribution in [3.05, 3.63) is 108 Å². The minimum Gasteiger partial charge on any atom is -0.459 e. The van der Waals surface area contributed by atoms with Gasteiger partial charge in [0.05, 0.1) is 0 Å². The highest BCUT2D eigenvalue weighted by molar-refractivity contribution is 5.94. The number of carbonyl (C=O) groups excluding carboxylic acids is 6. The van der Waals surface area contributed by atoms with Crippen LogP contribution in [0.2, 0.25) is 0 Å². The Morgan fingerprint density at radius 2 is 1.14 bits per heavy atom. The Bertz CT molecular complexity index is 1810. The zero-order valence-electron chi connectivity index (χ0n) is 32.9. The molecule has 4 rings (SSSR count). The zero-order chi connectivity index (χ0) is 41.0. The van der Waals surface area contributed by atoms with E-state index in [4.69, 9.17) is 19.0 Å². The summed E-state index contributed by atoms with van der Waals surface area (Å²) in [5, 5.41) is 8.67. The van der Waals surface area contributed by atoms with Crippen LogP contribution in [-0.4, -0.2) is 82.3 Å². The van der Waals surface area contributed by atoms with E-state index in [0.717, 1.165) is 11.1 Å². The molecule has 0 saturated carbocycles. The van der Waals surface area contributed by atoms with Crippen LogP contribution in [0.4, 0.5) is 4.79 Å². The minimum absolute atomic E-state index is 0.0338. The smallest absolute Gasteiger partial charge is 0.435 e. The molecule has 1 heterocycles. The first-order valence-electron chi connectivity index (χ1n) is 18.5. The Balaban J connectivity index is 1.55. The summed E-state index contributed by atoms with van der Waals surface area (Å²) in [5.74, 6) is -3.65. The van der Waals surface area contributed by atoms with Crippen LogP contribution in [0.15, 0.2) is 91.0 Å². The third-order valence-corrected chi connectivity index (χ3v) is 8.27. The maximum absolute atomic E-state index is 14.0. The summed E-state index contributed by atoms with van der Waals surface area (Å²) >= 11 is 0. The number of carbonyl (C=O) groups is 6. The van der Waals surface area contributed by atoms with Crippen LogP contribution in [0.5, 0.6) is 0 Å². The highest BCUT2D eigenvalue weighted by atomic mass is 16.7. The fourth-order valence-corrected chi connectivity index (χ4v) is 5.62. The molecule has 4 amide bonds. The maximum Gasteiger partial charge on any atom is 0.435 e. The molecule has 14 nitrogen and oxygen atoms in total. The number of benzene rings is 3. The fraction of sp³-hybridized carbons (Fsp3) is 0.429. The molecule has 0 spiro atoms. The van der Waals surface area contributed by atoms with Gasteiger partial charge in [-0.3, -0.25) is 19.2 Å². The molecule has 1 aliphatic heterocycles. The molecular weight excluding hydrogens is 720 g/mol. The molecule has 1 aliphatic rings. The molecule has 14 heteroatoms. The highest BCUT2D eigenvalue weighted by Crippen LogP contribution is 2.25. The molecule has 5 atom stereocenters. The maximum atomic E-state index is 14.0. The number of hydrogen-bond donors (Lipinski definition) is 3. The summed E-state index contributed by atoms with van der Waals surface area (Å²) in [6, 6.07) is 22.1. The Hall–Kier alpha value is -5.76. The van der Waals surface area contributed by atoms with Crippen molar-refractivity contribution in [3.8, 4) is 0 Å². The second kappa shape index (κ2) is 19.2. The Labute approximate surface area is 327 Å². The topological polar surface area (TPSA) is 179 Å². The standard InChI is InChI=1S/C42H52N4O10/c1-27(38(50)54-41(2,3)4)43-35(47)31(23-28-17-11-8-12-18-28)44-37(49)34-25-33(46(56-34)40(52)55-42(5,6)7)36(48)45-32(24-29-19-13-9-14-20-29)39(51)53-26-30-21-15-10-16-22-30/h8-22,27,31-34H,23-26H2,1-7H3,(H,43,47)(H,44,49)(H,45,48)/t27-,31-,32-,33+,34-/m0/s1. The van der Waals surface area contributed by atoms with E-state index in [1.165, 1.54) is 6.92 Å². The van der Waals surface area contributed by atoms with Crippen molar-refractivity contribution in [2.45, 2.75) is 116 Å². The summed E-state index contributed by atoms with van der Waals surface area (Å²) in [6.07, 6.45) is -2.71. The van der Waals surface area contributed by atoms with Gasteiger partial charge in [0.25, 0.3) is 5.91 Å². The average Bonchev–Trinajstić information content (AvgIpc) is 3.60. The third-order valence-electron chi connectivity index (χ3n) is 8.27. The lowest BCUT2D eigenvalue weighted by Gasteiger charge is -2.27. The Morgan fingerprint density at radius 3 is 1.66 bits per heavy atom.